The van der Waals surface area contributed by atoms with Crippen molar-refractivity contribution in [3.8, 4) is 0 Å². The fourth-order valence-corrected chi connectivity index (χ4v) is 5.70. The minimum absolute atomic E-state index is 0.0663. The van der Waals surface area contributed by atoms with E-state index in [9.17, 15) is 14.4 Å². The maximum atomic E-state index is 13.6. The molecule has 0 aliphatic heterocycles. The Labute approximate surface area is 206 Å². The second-order valence-corrected chi connectivity index (χ2v) is 10.2. The predicted octanol–water partition coefficient (Wildman–Crippen LogP) is 5.62. The summed E-state index contributed by atoms with van der Waals surface area (Å²) in [6.07, 6.45) is 0. The van der Waals surface area contributed by atoms with Gasteiger partial charge in [-0.3, -0.25) is 19.0 Å². The Hall–Kier alpha value is -3.23. The highest BCUT2D eigenvalue weighted by molar-refractivity contribution is 7.99. The highest BCUT2D eigenvalue weighted by atomic mass is 32.2. The fraction of sp³-hybridized carbons (Fsp3) is 0.231. The Balaban J connectivity index is 1.66. The molecule has 0 saturated carbocycles. The number of Topliss-reactive ketones (excluding diaryl/α,β-unsaturated/α-hetero) is 1. The van der Waals surface area contributed by atoms with E-state index in [0.29, 0.717) is 26.6 Å². The summed E-state index contributed by atoms with van der Waals surface area (Å²) in [7, 11) is 0. The number of thioether (sulfide) groups is 1. The number of aromatic nitrogens is 2. The quantitative estimate of drug-likeness (QED) is 0.206. The summed E-state index contributed by atoms with van der Waals surface area (Å²) in [5.41, 5.74) is 2.93. The van der Waals surface area contributed by atoms with Crippen LogP contribution in [0.1, 0.15) is 46.3 Å². The van der Waals surface area contributed by atoms with Gasteiger partial charge in [-0.2, -0.15) is 0 Å². The van der Waals surface area contributed by atoms with Crippen molar-refractivity contribution in [1.82, 2.24) is 9.55 Å². The molecule has 1 N–H and O–H groups in total. The van der Waals surface area contributed by atoms with Gasteiger partial charge in [0.15, 0.2) is 10.9 Å². The number of amides is 1. The first kappa shape index (κ1) is 23.9. The molecule has 1 atom stereocenters. The molecule has 0 aliphatic rings. The summed E-state index contributed by atoms with van der Waals surface area (Å²) in [4.78, 5) is 44.5. The molecule has 8 heteroatoms. The minimum Gasteiger partial charge on any atom is -0.325 e. The van der Waals surface area contributed by atoms with Crippen molar-refractivity contribution >= 4 is 50.7 Å². The third kappa shape index (κ3) is 4.83. The Morgan fingerprint density at radius 3 is 2.56 bits per heavy atom. The van der Waals surface area contributed by atoms with Crippen molar-refractivity contribution in [3.63, 3.8) is 0 Å². The largest absolute Gasteiger partial charge is 0.325 e. The summed E-state index contributed by atoms with van der Waals surface area (Å²) >= 11 is 2.73. The van der Waals surface area contributed by atoms with Gasteiger partial charge in [-0.25, -0.2) is 4.98 Å². The number of carbonyl (C=O) groups excluding carboxylic acids is 2. The van der Waals surface area contributed by atoms with Crippen LogP contribution in [0, 0.1) is 13.8 Å². The van der Waals surface area contributed by atoms with Crippen LogP contribution in [0.4, 0.5) is 5.69 Å². The number of rotatable bonds is 7. The van der Waals surface area contributed by atoms with Crippen LogP contribution in [0.3, 0.4) is 0 Å². The topological polar surface area (TPSA) is 81.1 Å². The predicted molar refractivity (Wildman–Crippen MR) is 139 cm³/mol. The van der Waals surface area contributed by atoms with Gasteiger partial charge in [-0.05, 0) is 51.0 Å². The number of benzene rings is 2. The van der Waals surface area contributed by atoms with Crippen LogP contribution in [-0.2, 0) is 4.79 Å². The van der Waals surface area contributed by atoms with E-state index in [2.05, 4.69) is 5.32 Å². The van der Waals surface area contributed by atoms with Gasteiger partial charge in [0.2, 0.25) is 5.91 Å². The van der Waals surface area contributed by atoms with Crippen molar-refractivity contribution in [2.24, 2.45) is 0 Å². The monoisotopic (exact) mass is 491 g/mol. The molecule has 34 heavy (non-hydrogen) atoms. The van der Waals surface area contributed by atoms with Crippen LogP contribution < -0.4 is 10.9 Å². The van der Waals surface area contributed by atoms with Gasteiger partial charge in [-0.1, -0.05) is 54.2 Å². The normalized spacial score (nSPS) is 12.0. The molecule has 0 bridgehead atoms. The molecule has 0 aliphatic carbocycles. The molecular formula is C26H25N3O3S2. The van der Waals surface area contributed by atoms with E-state index in [-0.39, 0.29) is 29.0 Å². The van der Waals surface area contributed by atoms with Gasteiger partial charge in [0.05, 0.1) is 17.2 Å². The highest BCUT2D eigenvalue weighted by Crippen LogP contribution is 2.31. The van der Waals surface area contributed by atoms with E-state index in [1.54, 1.807) is 28.8 Å². The second kappa shape index (κ2) is 9.95. The molecule has 4 rings (SSSR count). The lowest BCUT2D eigenvalue weighted by Crippen LogP contribution is -2.27. The number of aryl methyl sites for hydroxylation is 2. The molecular weight excluding hydrogens is 466 g/mol. The number of thiophene rings is 1. The molecule has 0 spiro atoms. The average Bonchev–Trinajstić information content (AvgIpc) is 3.11. The molecule has 174 valence electrons. The summed E-state index contributed by atoms with van der Waals surface area (Å²) in [6.45, 7) is 7.39. The highest BCUT2D eigenvalue weighted by Gasteiger charge is 2.21. The van der Waals surface area contributed by atoms with Crippen LogP contribution in [0.25, 0.3) is 10.2 Å². The van der Waals surface area contributed by atoms with E-state index >= 15 is 0 Å². The van der Waals surface area contributed by atoms with Crippen LogP contribution in [0.2, 0.25) is 0 Å². The third-order valence-corrected chi connectivity index (χ3v) is 7.81. The van der Waals surface area contributed by atoms with Crippen LogP contribution in [0.15, 0.2) is 64.5 Å². The first-order valence-corrected chi connectivity index (χ1v) is 12.7. The Kier molecular flexibility index (Phi) is 7.00. The van der Waals surface area contributed by atoms with E-state index in [0.717, 1.165) is 16.0 Å². The number of hydrogen-bond donors (Lipinski definition) is 1. The van der Waals surface area contributed by atoms with Crippen LogP contribution in [-0.4, -0.2) is 27.0 Å². The van der Waals surface area contributed by atoms with Crippen molar-refractivity contribution in [2.75, 3.05) is 11.1 Å². The van der Waals surface area contributed by atoms with Crippen molar-refractivity contribution < 1.29 is 9.59 Å². The molecule has 0 fully saturated rings. The smallest absolute Gasteiger partial charge is 0.263 e. The van der Waals surface area contributed by atoms with Gasteiger partial charge in [0.25, 0.3) is 5.56 Å². The molecule has 0 saturated heterocycles. The number of hydrogen-bond acceptors (Lipinski definition) is 6. The number of anilines is 1. The van der Waals surface area contributed by atoms with Gasteiger partial charge >= 0.3 is 0 Å². The maximum Gasteiger partial charge on any atom is 0.263 e. The lowest BCUT2D eigenvalue weighted by Gasteiger charge is -2.19. The Morgan fingerprint density at radius 2 is 1.85 bits per heavy atom. The summed E-state index contributed by atoms with van der Waals surface area (Å²) in [5, 5.41) is 3.97. The third-order valence-electron chi connectivity index (χ3n) is 5.76. The zero-order valence-electron chi connectivity index (χ0n) is 19.4. The fourth-order valence-electron chi connectivity index (χ4n) is 3.75. The zero-order chi connectivity index (χ0) is 24.4. The van der Waals surface area contributed by atoms with E-state index in [4.69, 9.17) is 4.98 Å². The van der Waals surface area contributed by atoms with Gasteiger partial charge in [-0.15, -0.1) is 11.3 Å². The second-order valence-electron chi connectivity index (χ2n) is 8.09. The lowest BCUT2D eigenvalue weighted by molar-refractivity contribution is -0.113. The summed E-state index contributed by atoms with van der Waals surface area (Å²) < 4.78 is 1.69. The number of carbonyl (C=O) groups is 2. The molecule has 4 aromatic rings. The molecule has 6 nitrogen and oxygen atoms in total. The number of nitrogens with one attached hydrogen (secondary N) is 1. The molecule has 0 radical (unpaired) electrons. The zero-order valence-corrected chi connectivity index (χ0v) is 21.0. The van der Waals surface area contributed by atoms with Crippen molar-refractivity contribution in [2.45, 2.75) is 38.9 Å². The lowest BCUT2D eigenvalue weighted by atomic mass is 10.1. The van der Waals surface area contributed by atoms with Gasteiger partial charge in [0, 0.05) is 16.1 Å². The maximum absolute atomic E-state index is 13.6. The SMILES string of the molecule is CC(=O)c1cccc(NC(=O)CSc2nc3sc(C)c(C)c3c(=O)n2[C@@H](C)c2ccccc2)c1. The molecule has 2 aromatic heterocycles. The summed E-state index contributed by atoms with van der Waals surface area (Å²) in [6, 6.07) is 16.4. The van der Waals surface area contributed by atoms with Crippen LogP contribution in [0.5, 0.6) is 0 Å². The van der Waals surface area contributed by atoms with Gasteiger partial charge < -0.3 is 5.32 Å². The summed E-state index contributed by atoms with van der Waals surface area (Å²) in [5.74, 6) is -0.228. The van der Waals surface area contributed by atoms with Crippen LogP contribution >= 0.6 is 23.1 Å². The first-order chi connectivity index (χ1) is 16.3. The van der Waals surface area contributed by atoms with Gasteiger partial charge in [0.1, 0.15) is 4.83 Å². The van der Waals surface area contributed by atoms with E-state index in [1.807, 2.05) is 51.1 Å². The number of ketones is 1. The standard InChI is InChI=1S/C26H25N3O3S2/c1-15-18(4)34-24-23(15)25(32)29(16(2)19-9-6-5-7-10-19)26(28-24)33-14-22(31)27-21-12-8-11-20(13-21)17(3)30/h5-13,16H,14H2,1-4H3,(H,27,31)/t16-/m0/s1. The molecule has 1 amide bonds. The average molecular weight is 492 g/mol. The minimum atomic E-state index is -0.247. The van der Waals surface area contributed by atoms with E-state index < -0.39 is 0 Å². The van der Waals surface area contributed by atoms with E-state index in [1.165, 1.54) is 30.0 Å². The Morgan fingerprint density at radius 1 is 1.12 bits per heavy atom. The number of nitrogens with zero attached hydrogens (tertiary/aromatic N) is 2. The Bertz CT molecular complexity index is 1440. The first-order valence-electron chi connectivity index (χ1n) is 10.9. The van der Waals surface area contributed by atoms with Crippen molar-refractivity contribution in [1.29, 1.82) is 0 Å². The number of fused-ring (bicyclic) bond motifs is 1. The molecule has 2 heterocycles. The molecule has 2 aromatic carbocycles. The van der Waals surface area contributed by atoms with Crippen molar-refractivity contribution in [3.05, 3.63) is 86.5 Å². The molecule has 0 unspecified atom stereocenters.